The van der Waals surface area contributed by atoms with E-state index in [1.807, 2.05) is 0 Å². The van der Waals surface area contributed by atoms with Gasteiger partial charge in [0.25, 0.3) is 0 Å². The van der Waals surface area contributed by atoms with Crippen molar-refractivity contribution in [3.05, 3.63) is 0 Å². The first kappa shape index (κ1) is 31.7. The SMILES string of the molecule is CCP(CC)CC.CCP(CC)CC.CCP(CC)CC.[Ru]. The molecule has 0 aliphatic heterocycles. The quantitative estimate of drug-likeness (QED) is 0.248. The summed E-state index contributed by atoms with van der Waals surface area (Å²) < 4.78 is 0. The predicted molar refractivity (Wildman–Crippen MR) is 116 cm³/mol. The normalized spacial score (nSPS) is 9.82. The second kappa shape index (κ2) is 27.7. The molecule has 0 aliphatic carbocycles. The van der Waals surface area contributed by atoms with E-state index in [0.717, 1.165) is 0 Å². The van der Waals surface area contributed by atoms with Crippen molar-refractivity contribution in [2.24, 2.45) is 0 Å². The molecule has 0 fully saturated rings. The molecule has 0 heterocycles. The van der Waals surface area contributed by atoms with E-state index >= 15 is 0 Å². The molecule has 0 aromatic carbocycles. The van der Waals surface area contributed by atoms with Crippen LogP contribution in [0.3, 0.4) is 0 Å². The Bertz CT molecular complexity index is 111. The average molecular weight is 456 g/mol. The first-order valence-corrected chi connectivity index (χ1v) is 14.9. The minimum atomic E-state index is 0. The maximum Gasteiger partial charge on any atom is 0 e. The van der Waals surface area contributed by atoms with Crippen molar-refractivity contribution >= 4 is 23.8 Å². The molecule has 0 saturated heterocycles. The molecule has 0 nitrogen and oxygen atoms in total. The van der Waals surface area contributed by atoms with E-state index in [1.165, 1.54) is 55.5 Å². The third-order valence-corrected chi connectivity index (χ3v) is 12.1. The molecule has 22 heavy (non-hydrogen) atoms. The third-order valence-electron chi connectivity index (χ3n) is 4.02. The van der Waals surface area contributed by atoms with Gasteiger partial charge in [-0.05, 0) is 55.5 Å². The largest absolute Gasteiger partial charge is 0.108 e. The van der Waals surface area contributed by atoms with E-state index in [4.69, 9.17) is 0 Å². The minimum Gasteiger partial charge on any atom is -0.108 e. The Balaban J connectivity index is -0.000000108. The summed E-state index contributed by atoms with van der Waals surface area (Å²) in [6.45, 7) is 20.6. The maximum absolute atomic E-state index is 2.29. The van der Waals surface area contributed by atoms with Crippen molar-refractivity contribution in [1.29, 1.82) is 0 Å². The molecule has 0 atom stereocenters. The van der Waals surface area contributed by atoms with Crippen molar-refractivity contribution in [2.45, 2.75) is 62.3 Å². The summed E-state index contributed by atoms with van der Waals surface area (Å²) in [6.07, 6.45) is 12.8. The van der Waals surface area contributed by atoms with Crippen molar-refractivity contribution in [2.75, 3.05) is 55.5 Å². The molecule has 0 unspecified atom stereocenters. The zero-order valence-corrected chi connectivity index (χ0v) is 21.5. The topological polar surface area (TPSA) is 0 Å². The average Bonchev–Trinajstić information content (AvgIpc) is 2.54. The minimum absolute atomic E-state index is 0. The van der Waals surface area contributed by atoms with Gasteiger partial charge in [-0.3, -0.25) is 0 Å². The smallest absolute Gasteiger partial charge is 0 e. The van der Waals surface area contributed by atoms with Gasteiger partial charge in [0, 0.05) is 19.5 Å². The van der Waals surface area contributed by atoms with Crippen LogP contribution in [-0.4, -0.2) is 55.5 Å². The van der Waals surface area contributed by atoms with Gasteiger partial charge in [-0.15, -0.1) is 23.8 Å². The van der Waals surface area contributed by atoms with Crippen LogP contribution < -0.4 is 0 Å². The van der Waals surface area contributed by atoms with Gasteiger partial charge >= 0.3 is 0 Å². The second-order valence-corrected chi connectivity index (χ2v) is 14.6. The monoisotopic (exact) mass is 456 g/mol. The molecule has 0 bridgehead atoms. The Hall–Kier alpha value is 1.91. The molecule has 0 N–H and O–H groups in total. The molecule has 0 aliphatic rings. The maximum atomic E-state index is 2.29. The summed E-state index contributed by atoms with van der Waals surface area (Å²) >= 11 is 0. The van der Waals surface area contributed by atoms with Crippen molar-refractivity contribution < 1.29 is 19.5 Å². The standard InChI is InChI=1S/3C6H15P.Ru/c3*1-4-7(5-2)6-3;/h3*4-6H2,1-3H3;. The Labute approximate surface area is 160 Å². The van der Waals surface area contributed by atoms with E-state index < -0.39 is 0 Å². The summed E-state index contributed by atoms with van der Waals surface area (Å²) in [7, 11) is 1.34. The van der Waals surface area contributed by atoms with Crippen LogP contribution in [0.2, 0.25) is 0 Å². The van der Waals surface area contributed by atoms with Crippen molar-refractivity contribution in [3.63, 3.8) is 0 Å². The number of rotatable bonds is 9. The Morgan fingerprint density at radius 1 is 0.318 bits per heavy atom. The van der Waals surface area contributed by atoms with Crippen LogP contribution in [0.25, 0.3) is 0 Å². The molecular weight excluding hydrogens is 410 g/mol. The second-order valence-electron chi connectivity index (χ2n) is 4.86. The van der Waals surface area contributed by atoms with Gasteiger partial charge in [0.1, 0.15) is 0 Å². The summed E-state index contributed by atoms with van der Waals surface area (Å²) in [4.78, 5) is 0. The van der Waals surface area contributed by atoms with E-state index in [0.29, 0.717) is 23.8 Å². The van der Waals surface area contributed by atoms with Crippen LogP contribution in [0.4, 0.5) is 0 Å². The van der Waals surface area contributed by atoms with E-state index in [-0.39, 0.29) is 19.5 Å². The Kier molecular flexibility index (Phi) is 39.9. The van der Waals surface area contributed by atoms with Crippen LogP contribution in [0.5, 0.6) is 0 Å². The van der Waals surface area contributed by atoms with E-state index in [1.54, 1.807) is 0 Å². The molecule has 140 valence electrons. The molecule has 0 amide bonds. The fraction of sp³-hybridized carbons (Fsp3) is 1.00. The third kappa shape index (κ3) is 24.2. The molecule has 0 aromatic heterocycles. The van der Waals surface area contributed by atoms with Gasteiger partial charge in [0.15, 0.2) is 0 Å². The van der Waals surface area contributed by atoms with Crippen LogP contribution >= 0.6 is 23.8 Å². The van der Waals surface area contributed by atoms with Gasteiger partial charge in [-0.1, -0.05) is 62.3 Å². The van der Waals surface area contributed by atoms with Gasteiger partial charge in [-0.25, -0.2) is 0 Å². The molecular formula is C18H45P3Ru. The van der Waals surface area contributed by atoms with Gasteiger partial charge < -0.3 is 0 Å². The fourth-order valence-corrected chi connectivity index (χ4v) is 6.04. The van der Waals surface area contributed by atoms with Gasteiger partial charge in [-0.2, -0.15) is 0 Å². The van der Waals surface area contributed by atoms with Crippen LogP contribution in [0.15, 0.2) is 0 Å². The van der Waals surface area contributed by atoms with Crippen molar-refractivity contribution in [3.8, 4) is 0 Å². The summed E-state index contributed by atoms with van der Waals surface area (Å²) in [5.41, 5.74) is 0. The van der Waals surface area contributed by atoms with Crippen molar-refractivity contribution in [1.82, 2.24) is 0 Å². The Morgan fingerprint density at radius 2 is 0.409 bits per heavy atom. The first-order chi connectivity index (χ1) is 10.0. The number of hydrogen-bond donors (Lipinski definition) is 0. The number of hydrogen-bond acceptors (Lipinski definition) is 0. The van der Waals surface area contributed by atoms with Gasteiger partial charge in [0.2, 0.25) is 0 Å². The molecule has 0 spiro atoms. The van der Waals surface area contributed by atoms with E-state index in [9.17, 15) is 0 Å². The molecule has 0 aromatic rings. The summed E-state index contributed by atoms with van der Waals surface area (Å²) in [5.74, 6) is 0. The molecule has 4 heteroatoms. The van der Waals surface area contributed by atoms with Gasteiger partial charge in [0.05, 0.1) is 0 Å². The van der Waals surface area contributed by atoms with Crippen LogP contribution in [0, 0.1) is 0 Å². The molecule has 0 saturated carbocycles. The summed E-state index contributed by atoms with van der Waals surface area (Å²) in [5, 5.41) is 0. The zero-order chi connectivity index (χ0) is 17.1. The van der Waals surface area contributed by atoms with Crippen LogP contribution in [-0.2, 0) is 19.5 Å². The van der Waals surface area contributed by atoms with E-state index in [2.05, 4.69) is 62.3 Å². The molecule has 0 radical (unpaired) electrons. The molecule has 0 rings (SSSR count). The zero-order valence-electron chi connectivity index (χ0n) is 17.1. The predicted octanol–water partition coefficient (Wildman–Crippen LogP) is 7.58. The first-order valence-electron chi connectivity index (χ1n) is 9.21. The fourth-order valence-electron chi connectivity index (χ4n) is 2.01. The van der Waals surface area contributed by atoms with Crippen LogP contribution in [0.1, 0.15) is 62.3 Å². The summed E-state index contributed by atoms with van der Waals surface area (Å²) in [6, 6.07) is 0. The Morgan fingerprint density at radius 3 is 0.409 bits per heavy atom.